The van der Waals surface area contributed by atoms with Gasteiger partial charge in [-0.3, -0.25) is 4.79 Å². The lowest BCUT2D eigenvalue weighted by atomic mass is 10.1. The van der Waals surface area contributed by atoms with E-state index in [4.69, 9.17) is 5.11 Å². The van der Waals surface area contributed by atoms with Gasteiger partial charge in [-0.1, -0.05) is 19.1 Å². The minimum Gasteiger partial charge on any atom is -0.481 e. The minimum atomic E-state index is -3.26. The quantitative estimate of drug-likeness (QED) is 0.821. The molecule has 0 aliphatic rings. The molecule has 1 atom stereocenters. The van der Waals surface area contributed by atoms with Crippen molar-refractivity contribution in [2.45, 2.75) is 24.3 Å². The van der Waals surface area contributed by atoms with Crippen LogP contribution in [0.1, 0.15) is 25.0 Å². The van der Waals surface area contributed by atoms with Gasteiger partial charge in [0.2, 0.25) is 0 Å². The fourth-order valence-corrected chi connectivity index (χ4v) is 2.23. The van der Waals surface area contributed by atoms with E-state index in [0.717, 1.165) is 0 Å². The van der Waals surface area contributed by atoms with Gasteiger partial charge in [-0.05, 0) is 17.7 Å². The van der Waals surface area contributed by atoms with Crippen molar-refractivity contribution in [1.82, 2.24) is 0 Å². The topological polar surface area (TPSA) is 91.7 Å². The molecule has 94 valence electrons. The molecule has 1 rings (SSSR count). The van der Waals surface area contributed by atoms with Crippen LogP contribution < -0.4 is 0 Å². The van der Waals surface area contributed by atoms with Crippen molar-refractivity contribution < 1.29 is 23.4 Å². The van der Waals surface area contributed by atoms with Gasteiger partial charge < -0.3 is 10.2 Å². The molecule has 0 saturated heterocycles. The van der Waals surface area contributed by atoms with E-state index in [2.05, 4.69) is 0 Å². The highest BCUT2D eigenvalue weighted by Gasteiger charge is 2.14. The summed E-state index contributed by atoms with van der Waals surface area (Å²) in [4.78, 5) is 10.6. The Morgan fingerprint density at radius 2 is 1.82 bits per heavy atom. The zero-order valence-corrected chi connectivity index (χ0v) is 10.1. The molecule has 0 fully saturated rings. The summed E-state index contributed by atoms with van der Waals surface area (Å²) in [5, 5.41) is 18.0. The van der Waals surface area contributed by atoms with Gasteiger partial charge >= 0.3 is 5.97 Å². The van der Waals surface area contributed by atoms with E-state index in [0.29, 0.717) is 5.56 Å². The van der Waals surface area contributed by atoms with Crippen LogP contribution in [-0.2, 0) is 14.6 Å². The number of hydrogen-bond donors (Lipinski definition) is 2. The molecule has 0 aliphatic heterocycles. The van der Waals surface area contributed by atoms with E-state index in [1.807, 2.05) is 0 Å². The van der Waals surface area contributed by atoms with Crippen molar-refractivity contribution in [1.29, 1.82) is 0 Å². The van der Waals surface area contributed by atoms with Gasteiger partial charge in [0.15, 0.2) is 9.84 Å². The Morgan fingerprint density at radius 3 is 2.24 bits per heavy atom. The van der Waals surface area contributed by atoms with Crippen LogP contribution in [0.2, 0.25) is 0 Å². The third-order valence-electron chi connectivity index (χ3n) is 2.37. The van der Waals surface area contributed by atoms with E-state index in [1.54, 1.807) is 6.92 Å². The van der Waals surface area contributed by atoms with Crippen LogP contribution in [0.3, 0.4) is 0 Å². The summed E-state index contributed by atoms with van der Waals surface area (Å²) in [6.45, 7) is 1.54. The number of sulfone groups is 1. The molecule has 5 nitrogen and oxygen atoms in total. The summed E-state index contributed by atoms with van der Waals surface area (Å²) in [5.41, 5.74) is 0.391. The van der Waals surface area contributed by atoms with Crippen LogP contribution in [0.25, 0.3) is 0 Å². The summed E-state index contributed by atoms with van der Waals surface area (Å²) in [5.74, 6) is -1.10. The fourth-order valence-electron chi connectivity index (χ4n) is 1.35. The Labute approximate surface area is 99.6 Å². The van der Waals surface area contributed by atoms with Gasteiger partial charge in [0, 0.05) is 0 Å². The second-order valence-corrected chi connectivity index (χ2v) is 5.86. The molecule has 1 unspecified atom stereocenters. The smallest absolute Gasteiger partial charge is 0.306 e. The van der Waals surface area contributed by atoms with Crippen molar-refractivity contribution in [2.75, 3.05) is 5.75 Å². The molecular formula is C11H14O5S. The Kier molecular flexibility index (Phi) is 4.25. The highest BCUT2D eigenvalue weighted by molar-refractivity contribution is 7.91. The second kappa shape index (κ2) is 5.29. The summed E-state index contributed by atoms with van der Waals surface area (Å²) < 4.78 is 23.0. The van der Waals surface area contributed by atoms with Gasteiger partial charge in [0.25, 0.3) is 0 Å². The number of aliphatic hydroxyl groups is 1. The van der Waals surface area contributed by atoms with Crippen LogP contribution in [0.4, 0.5) is 0 Å². The van der Waals surface area contributed by atoms with E-state index in [9.17, 15) is 18.3 Å². The molecular weight excluding hydrogens is 244 g/mol. The summed E-state index contributed by atoms with van der Waals surface area (Å²) in [7, 11) is -3.26. The number of rotatable bonds is 5. The Hall–Kier alpha value is -1.40. The SMILES string of the molecule is CCS(=O)(=O)c1ccc(C(O)CC(=O)O)cc1. The molecule has 6 heteroatoms. The average molecular weight is 258 g/mol. The van der Waals surface area contributed by atoms with Crippen molar-refractivity contribution in [3.63, 3.8) is 0 Å². The maximum atomic E-state index is 11.5. The molecule has 0 radical (unpaired) electrons. The third kappa shape index (κ3) is 3.54. The monoisotopic (exact) mass is 258 g/mol. The molecule has 0 bridgehead atoms. The van der Waals surface area contributed by atoms with Crippen LogP contribution in [0, 0.1) is 0 Å². The number of aliphatic hydroxyl groups excluding tert-OH is 1. The maximum Gasteiger partial charge on any atom is 0.306 e. The highest BCUT2D eigenvalue weighted by atomic mass is 32.2. The lowest BCUT2D eigenvalue weighted by Gasteiger charge is -2.09. The Bertz CT molecular complexity index is 489. The second-order valence-electron chi connectivity index (χ2n) is 3.59. The van der Waals surface area contributed by atoms with E-state index < -0.39 is 28.3 Å². The van der Waals surface area contributed by atoms with Gasteiger partial charge in [0.05, 0.1) is 23.2 Å². The molecule has 1 aromatic carbocycles. The number of hydrogen-bond acceptors (Lipinski definition) is 4. The van der Waals surface area contributed by atoms with Gasteiger partial charge in [-0.25, -0.2) is 8.42 Å². The fraction of sp³-hybridized carbons (Fsp3) is 0.364. The first-order valence-corrected chi connectivity index (χ1v) is 6.74. The van der Waals surface area contributed by atoms with Crippen LogP contribution in [0.15, 0.2) is 29.2 Å². The predicted molar refractivity (Wildman–Crippen MR) is 61.4 cm³/mol. The van der Waals surface area contributed by atoms with Crippen LogP contribution >= 0.6 is 0 Å². The predicted octanol–water partition coefficient (Wildman–Crippen LogP) is 0.988. The molecule has 0 amide bonds. The van der Waals surface area contributed by atoms with Gasteiger partial charge in [-0.15, -0.1) is 0 Å². The van der Waals surface area contributed by atoms with Gasteiger partial charge in [0.1, 0.15) is 0 Å². The summed E-state index contributed by atoms with van der Waals surface area (Å²) in [6, 6.07) is 5.60. The molecule has 0 spiro atoms. The standard InChI is InChI=1S/C11H14O5S/c1-2-17(15,16)9-5-3-8(4-6-9)10(12)7-11(13)14/h3-6,10,12H,2,7H2,1H3,(H,13,14). The van der Waals surface area contributed by atoms with Crippen molar-refractivity contribution in [3.05, 3.63) is 29.8 Å². The van der Waals surface area contributed by atoms with Crippen molar-refractivity contribution >= 4 is 15.8 Å². The first-order chi connectivity index (χ1) is 7.86. The molecule has 0 saturated carbocycles. The Morgan fingerprint density at radius 1 is 1.29 bits per heavy atom. The van der Waals surface area contributed by atoms with E-state index >= 15 is 0 Å². The number of aliphatic carboxylic acids is 1. The minimum absolute atomic E-state index is 0.00399. The largest absolute Gasteiger partial charge is 0.481 e. The lowest BCUT2D eigenvalue weighted by molar-refractivity contribution is -0.139. The molecule has 0 aromatic heterocycles. The zero-order valence-electron chi connectivity index (χ0n) is 9.33. The molecule has 0 heterocycles. The van der Waals surface area contributed by atoms with Crippen molar-refractivity contribution in [2.24, 2.45) is 0 Å². The molecule has 1 aromatic rings. The van der Waals surface area contributed by atoms with Crippen LogP contribution in [0.5, 0.6) is 0 Å². The molecule has 17 heavy (non-hydrogen) atoms. The van der Waals surface area contributed by atoms with Crippen molar-refractivity contribution in [3.8, 4) is 0 Å². The normalized spacial score (nSPS) is 13.3. The molecule has 2 N–H and O–H groups in total. The number of carboxylic acids is 1. The zero-order chi connectivity index (χ0) is 13.1. The molecule has 0 aliphatic carbocycles. The number of carbonyl (C=O) groups is 1. The maximum absolute atomic E-state index is 11.5. The average Bonchev–Trinajstić information content (AvgIpc) is 2.28. The first-order valence-electron chi connectivity index (χ1n) is 5.09. The highest BCUT2D eigenvalue weighted by Crippen LogP contribution is 2.19. The summed E-state index contributed by atoms with van der Waals surface area (Å²) in [6.07, 6.45) is -1.52. The first kappa shape index (κ1) is 13.7. The third-order valence-corrected chi connectivity index (χ3v) is 4.12. The van der Waals surface area contributed by atoms with E-state index in [1.165, 1.54) is 24.3 Å². The lowest BCUT2D eigenvalue weighted by Crippen LogP contribution is -2.07. The number of benzene rings is 1. The number of carboxylic acid groups (broad SMARTS) is 1. The van der Waals surface area contributed by atoms with E-state index in [-0.39, 0.29) is 10.6 Å². The Balaban J connectivity index is 2.92. The summed E-state index contributed by atoms with van der Waals surface area (Å²) >= 11 is 0. The van der Waals surface area contributed by atoms with Crippen LogP contribution in [-0.4, -0.2) is 30.4 Å². The van der Waals surface area contributed by atoms with Gasteiger partial charge in [-0.2, -0.15) is 0 Å².